The molecule has 0 bridgehead atoms. The van der Waals surface area contributed by atoms with Crippen LogP contribution in [0.4, 0.5) is 0 Å². The van der Waals surface area contributed by atoms with Gasteiger partial charge in [0.25, 0.3) is 5.82 Å². The first-order valence-corrected chi connectivity index (χ1v) is 17.4. The van der Waals surface area contributed by atoms with Gasteiger partial charge in [-0.3, -0.25) is 0 Å². The highest BCUT2D eigenvalue weighted by atomic mass is 15.1. The van der Waals surface area contributed by atoms with E-state index in [0.717, 1.165) is 0 Å². The SMILES string of the molecule is CCCCCCCCCCCCCCCCCCC[n+]1ccn(CCCCCC)c1CCCCCCC. The van der Waals surface area contributed by atoms with Crippen LogP contribution >= 0.6 is 0 Å². The van der Waals surface area contributed by atoms with Gasteiger partial charge in [-0.05, 0) is 32.1 Å². The Morgan fingerprint density at radius 2 is 0.838 bits per heavy atom. The minimum Gasteiger partial charge on any atom is -0.234 e. The summed E-state index contributed by atoms with van der Waals surface area (Å²) in [6.45, 7) is 9.38. The first-order valence-electron chi connectivity index (χ1n) is 17.4. The zero-order valence-electron chi connectivity index (χ0n) is 26.1. The van der Waals surface area contributed by atoms with Gasteiger partial charge in [-0.2, -0.15) is 0 Å². The quantitative estimate of drug-likeness (QED) is 0.0737. The topological polar surface area (TPSA) is 8.81 Å². The monoisotopic (exact) mass is 518 g/mol. The van der Waals surface area contributed by atoms with Crippen LogP contribution < -0.4 is 4.57 Å². The molecule has 1 heterocycles. The van der Waals surface area contributed by atoms with Gasteiger partial charge in [-0.15, -0.1) is 0 Å². The van der Waals surface area contributed by atoms with Gasteiger partial charge < -0.3 is 0 Å². The van der Waals surface area contributed by atoms with Crippen LogP contribution in [0, 0.1) is 0 Å². The molecule has 2 heteroatoms. The molecule has 0 aromatic carbocycles. The van der Waals surface area contributed by atoms with Crippen molar-refractivity contribution in [3.8, 4) is 0 Å². The van der Waals surface area contributed by atoms with Crippen LogP contribution in [0.15, 0.2) is 12.4 Å². The minimum absolute atomic E-state index is 1.22. The number of hydrogen-bond acceptors (Lipinski definition) is 0. The van der Waals surface area contributed by atoms with E-state index in [4.69, 9.17) is 0 Å². The fraction of sp³-hybridized carbons (Fsp3) is 0.914. The van der Waals surface area contributed by atoms with E-state index in [1.165, 1.54) is 186 Å². The van der Waals surface area contributed by atoms with Crippen LogP contribution in [0.5, 0.6) is 0 Å². The van der Waals surface area contributed by atoms with Gasteiger partial charge in [-0.25, -0.2) is 9.13 Å². The van der Waals surface area contributed by atoms with Gasteiger partial charge in [0.2, 0.25) is 0 Å². The molecule has 0 aliphatic rings. The normalized spacial score (nSPS) is 11.5. The number of unbranched alkanes of at least 4 members (excludes halogenated alkanes) is 23. The maximum atomic E-state index is 2.60. The minimum atomic E-state index is 1.22. The number of aryl methyl sites for hydroxylation is 2. The first-order chi connectivity index (χ1) is 18.3. The Labute approximate surface area is 234 Å². The van der Waals surface area contributed by atoms with Crippen LogP contribution in [0.3, 0.4) is 0 Å². The highest BCUT2D eigenvalue weighted by Crippen LogP contribution is 2.14. The van der Waals surface area contributed by atoms with Gasteiger partial charge in [0.15, 0.2) is 0 Å². The van der Waals surface area contributed by atoms with E-state index in [1.807, 2.05) is 0 Å². The second kappa shape index (κ2) is 26.8. The molecule has 0 aliphatic carbocycles. The van der Waals surface area contributed by atoms with Crippen molar-refractivity contribution in [2.45, 2.75) is 207 Å². The summed E-state index contributed by atoms with van der Waals surface area (Å²) in [6, 6.07) is 0. The maximum Gasteiger partial charge on any atom is 0.256 e. The molecule has 0 spiro atoms. The molecule has 0 atom stereocenters. The number of hydrogen-bond donors (Lipinski definition) is 0. The summed E-state index contributed by atoms with van der Waals surface area (Å²) in [5.41, 5.74) is 0. The molecular weight excluding hydrogens is 448 g/mol. The summed E-state index contributed by atoms with van der Waals surface area (Å²) >= 11 is 0. The smallest absolute Gasteiger partial charge is 0.234 e. The summed E-state index contributed by atoms with van der Waals surface area (Å²) < 4.78 is 5.19. The predicted octanol–water partition coefficient (Wildman–Crippen LogP) is 11.5. The van der Waals surface area contributed by atoms with Crippen molar-refractivity contribution in [1.82, 2.24) is 4.57 Å². The van der Waals surface area contributed by atoms with E-state index in [9.17, 15) is 0 Å². The molecular formula is C35H69N2+. The van der Waals surface area contributed by atoms with Crippen LogP contribution in [0.25, 0.3) is 0 Å². The molecule has 37 heavy (non-hydrogen) atoms. The molecule has 1 rings (SSSR count). The first kappa shape index (κ1) is 34.2. The Hall–Kier alpha value is -0.790. The molecule has 218 valence electrons. The molecule has 1 aromatic heterocycles. The molecule has 0 fully saturated rings. The van der Waals surface area contributed by atoms with Crippen LogP contribution in [-0.2, 0) is 19.5 Å². The Morgan fingerprint density at radius 1 is 0.459 bits per heavy atom. The summed E-state index contributed by atoms with van der Waals surface area (Å²) in [5, 5.41) is 0. The van der Waals surface area contributed by atoms with E-state index in [0.29, 0.717) is 0 Å². The fourth-order valence-corrected chi connectivity index (χ4v) is 5.80. The van der Waals surface area contributed by atoms with Gasteiger partial charge in [0, 0.05) is 6.42 Å². The molecule has 0 saturated carbocycles. The summed E-state index contributed by atoms with van der Waals surface area (Å²) in [7, 11) is 0. The second-order valence-corrected chi connectivity index (χ2v) is 12.0. The van der Waals surface area contributed by atoms with Gasteiger partial charge >= 0.3 is 0 Å². The third-order valence-electron chi connectivity index (χ3n) is 8.35. The predicted molar refractivity (Wildman–Crippen MR) is 165 cm³/mol. The molecule has 1 aromatic rings. The van der Waals surface area contributed by atoms with E-state index in [-0.39, 0.29) is 0 Å². The lowest BCUT2D eigenvalue weighted by Gasteiger charge is -2.07. The average molecular weight is 518 g/mol. The van der Waals surface area contributed by atoms with Crippen LogP contribution in [-0.4, -0.2) is 4.57 Å². The third kappa shape index (κ3) is 19.9. The standard InChI is InChI=1S/C35H69N2/c1-4-7-10-13-14-15-16-17-18-19-20-21-22-23-24-26-29-32-37-34-33-36(31-28-12-9-6-3)35(37)30-27-25-11-8-5-2/h33-34H,4-32H2,1-3H3/q+1. The Morgan fingerprint density at radius 3 is 1.30 bits per heavy atom. The molecule has 0 N–H and O–H groups in total. The van der Waals surface area contributed by atoms with Crippen molar-refractivity contribution < 1.29 is 4.57 Å². The van der Waals surface area contributed by atoms with E-state index in [2.05, 4.69) is 42.3 Å². The zero-order valence-corrected chi connectivity index (χ0v) is 26.1. The molecule has 0 radical (unpaired) electrons. The molecule has 0 unspecified atom stereocenters. The highest BCUT2D eigenvalue weighted by molar-refractivity contribution is 4.84. The van der Waals surface area contributed by atoms with Crippen LogP contribution in [0.2, 0.25) is 0 Å². The second-order valence-electron chi connectivity index (χ2n) is 12.0. The lowest BCUT2D eigenvalue weighted by molar-refractivity contribution is -0.704. The summed E-state index contributed by atoms with van der Waals surface area (Å²) in [4.78, 5) is 0. The van der Waals surface area contributed by atoms with Crippen molar-refractivity contribution in [2.75, 3.05) is 0 Å². The summed E-state index contributed by atoms with van der Waals surface area (Å²) in [6.07, 6.45) is 43.0. The third-order valence-corrected chi connectivity index (χ3v) is 8.35. The lowest BCUT2D eigenvalue weighted by atomic mass is 10.0. The van der Waals surface area contributed by atoms with E-state index in [1.54, 1.807) is 5.82 Å². The number of aromatic nitrogens is 2. The van der Waals surface area contributed by atoms with E-state index < -0.39 is 0 Å². The van der Waals surface area contributed by atoms with Gasteiger partial charge in [0.1, 0.15) is 12.4 Å². The molecule has 0 saturated heterocycles. The van der Waals surface area contributed by atoms with Crippen LogP contribution in [0.1, 0.15) is 194 Å². The average Bonchev–Trinajstić information content (AvgIpc) is 3.29. The van der Waals surface area contributed by atoms with Gasteiger partial charge in [-0.1, -0.05) is 156 Å². The van der Waals surface area contributed by atoms with Crippen molar-refractivity contribution in [2.24, 2.45) is 0 Å². The van der Waals surface area contributed by atoms with Crippen molar-refractivity contribution in [3.63, 3.8) is 0 Å². The number of imidazole rings is 1. The van der Waals surface area contributed by atoms with Crippen molar-refractivity contribution in [1.29, 1.82) is 0 Å². The summed E-state index contributed by atoms with van der Waals surface area (Å²) in [5.74, 6) is 1.60. The number of nitrogens with zero attached hydrogens (tertiary/aromatic N) is 2. The fourth-order valence-electron chi connectivity index (χ4n) is 5.80. The molecule has 2 nitrogen and oxygen atoms in total. The lowest BCUT2D eigenvalue weighted by Crippen LogP contribution is -2.37. The molecule has 0 aliphatic heterocycles. The molecule has 0 amide bonds. The van der Waals surface area contributed by atoms with Crippen molar-refractivity contribution in [3.05, 3.63) is 18.2 Å². The Balaban J connectivity index is 2.09. The van der Waals surface area contributed by atoms with Crippen molar-refractivity contribution >= 4 is 0 Å². The maximum absolute atomic E-state index is 2.60. The largest absolute Gasteiger partial charge is 0.256 e. The van der Waals surface area contributed by atoms with Gasteiger partial charge in [0.05, 0.1) is 13.1 Å². The van der Waals surface area contributed by atoms with E-state index >= 15 is 0 Å². The highest BCUT2D eigenvalue weighted by Gasteiger charge is 2.16. The Kier molecular flexibility index (Phi) is 24.8. The zero-order chi connectivity index (χ0) is 26.7. The Bertz CT molecular complexity index is 576. The number of rotatable bonds is 29.